The second-order valence-corrected chi connectivity index (χ2v) is 7.76. The summed E-state index contributed by atoms with van der Waals surface area (Å²) in [6, 6.07) is 0.189. The number of carbonyl (C=O) groups excluding carboxylic acids is 1. The molecule has 8 heteroatoms. The normalized spacial score (nSPS) is 15.8. The molecule has 0 unspecified atom stereocenters. The van der Waals surface area contributed by atoms with E-state index in [0.29, 0.717) is 12.1 Å². The highest BCUT2D eigenvalue weighted by atomic mass is 32.1. The molecule has 1 saturated carbocycles. The first-order chi connectivity index (χ1) is 12.0. The maximum atomic E-state index is 12.8. The van der Waals surface area contributed by atoms with Gasteiger partial charge in [0, 0.05) is 18.0 Å². The number of nitrogens with zero attached hydrogens (tertiary/aromatic N) is 3. The van der Waals surface area contributed by atoms with Crippen LogP contribution in [0.2, 0.25) is 0 Å². The topological polar surface area (TPSA) is 86.0 Å². The molecule has 1 fully saturated rings. The number of amides is 1. The van der Waals surface area contributed by atoms with Crippen molar-refractivity contribution in [3.63, 3.8) is 0 Å². The van der Waals surface area contributed by atoms with Crippen LogP contribution in [0.3, 0.4) is 0 Å². The van der Waals surface area contributed by atoms with Crippen LogP contribution in [0, 0.1) is 5.92 Å². The van der Waals surface area contributed by atoms with Crippen LogP contribution >= 0.6 is 11.5 Å². The van der Waals surface area contributed by atoms with Crippen molar-refractivity contribution in [2.45, 2.75) is 65.1 Å². The van der Waals surface area contributed by atoms with E-state index in [1.54, 1.807) is 5.38 Å². The first-order valence-corrected chi connectivity index (χ1v) is 9.68. The van der Waals surface area contributed by atoms with Gasteiger partial charge in [-0.05, 0) is 30.3 Å². The van der Waals surface area contributed by atoms with Gasteiger partial charge >= 0.3 is 5.69 Å². The molecule has 0 atom stereocenters. The summed E-state index contributed by atoms with van der Waals surface area (Å²) in [7, 11) is 0. The zero-order chi connectivity index (χ0) is 18.0. The minimum atomic E-state index is -0.440. The van der Waals surface area contributed by atoms with Gasteiger partial charge in [-0.2, -0.15) is 4.37 Å². The molecule has 0 radical (unpaired) electrons. The van der Waals surface area contributed by atoms with Gasteiger partial charge < -0.3 is 5.32 Å². The van der Waals surface area contributed by atoms with Gasteiger partial charge in [0.15, 0.2) is 5.52 Å². The smallest absolute Gasteiger partial charge is 0.332 e. The molecule has 2 heterocycles. The minimum Gasteiger partial charge on any atom is -0.352 e. The quantitative estimate of drug-likeness (QED) is 0.875. The van der Waals surface area contributed by atoms with Crippen LogP contribution in [0.25, 0.3) is 11.0 Å². The Morgan fingerprint density at radius 3 is 2.68 bits per heavy atom. The lowest BCUT2D eigenvalue weighted by Gasteiger charge is -2.23. The maximum absolute atomic E-state index is 12.8. The van der Waals surface area contributed by atoms with Crippen molar-refractivity contribution >= 4 is 28.5 Å². The fourth-order valence-electron chi connectivity index (χ4n) is 3.38. The summed E-state index contributed by atoms with van der Waals surface area (Å²) in [4.78, 5) is 37.7. The summed E-state index contributed by atoms with van der Waals surface area (Å²) < 4.78 is 6.70. The summed E-state index contributed by atoms with van der Waals surface area (Å²) >= 11 is 1.13. The third-order valence-corrected chi connectivity index (χ3v) is 5.19. The second kappa shape index (κ2) is 7.51. The number of hydrogen-bond acceptors (Lipinski definition) is 5. The van der Waals surface area contributed by atoms with Crippen molar-refractivity contribution in [2.75, 3.05) is 0 Å². The van der Waals surface area contributed by atoms with Gasteiger partial charge in [-0.3, -0.25) is 18.7 Å². The zero-order valence-corrected chi connectivity index (χ0v) is 15.5. The number of hydrogen-bond donors (Lipinski definition) is 1. The van der Waals surface area contributed by atoms with Crippen LogP contribution in [-0.4, -0.2) is 25.5 Å². The molecule has 3 rings (SSSR count). The lowest BCUT2D eigenvalue weighted by molar-refractivity contribution is -0.122. The van der Waals surface area contributed by atoms with Crippen LogP contribution in [-0.2, 0) is 17.9 Å². The molecule has 0 saturated heterocycles. The molecule has 0 bridgehead atoms. The largest absolute Gasteiger partial charge is 0.352 e. The van der Waals surface area contributed by atoms with E-state index in [4.69, 9.17) is 0 Å². The minimum absolute atomic E-state index is 0.0807. The van der Waals surface area contributed by atoms with E-state index >= 15 is 0 Å². The molecule has 1 amide bonds. The summed E-state index contributed by atoms with van der Waals surface area (Å²) in [5, 5.41) is 4.68. The van der Waals surface area contributed by atoms with Gasteiger partial charge in [0.2, 0.25) is 5.91 Å². The Balaban J connectivity index is 1.92. The van der Waals surface area contributed by atoms with Crippen LogP contribution in [0.15, 0.2) is 15.0 Å². The van der Waals surface area contributed by atoms with E-state index < -0.39 is 5.69 Å². The Morgan fingerprint density at radius 1 is 1.28 bits per heavy atom. The van der Waals surface area contributed by atoms with Gasteiger partial charge in [0.05, 0.1) is 5.52 Å². The first-order valence-electron chi connectivity index (χ1n) is 8.84. The summed E-state index contributed by atoms with van der Waals surface area (Å²) in [5.41, 5.74) is -0.112. The fourth-order valence-corrected chi connectivity index (χ4v) is 4.05. The number of rotatable bonds is 5. The van der Waals surface area contributed by atoms with Crippen LogP contribution in [0.5, 0.6) is 0 Å². The molecule has 0 spiro atoms. The molecule has 1 N–H and O–H groups in total. The molecule has 2 aromatic heterocycles. The Hall–Kier alpha value is -1.96. The number of fused-ring (bicyclic) bond motifs is 1. The Kier molecular flexibility index (Phi) is 5.36. The molecule has 136 valence electrons. The third-order valence-electron chi connectivity index (χ3n) is 4.57. The van der Waals surface area contributed by atoms with Crippen molar-refractivity contribution < 1.29 is 4.79 Å². The Bertz CT molecular complexity index is 874. The average molecular weight is 364 g/mol. The Morgan fingerprint density at radius 2 is 2.00 bits per heavy atom. The molecule has 0 aliphatic heterocycles. The highest BCUT2D eigenvalue weighted by Crippen LogP contribution is 2.17. The predicted octanol–water partition coefficient (Wildman–Crippen LogP) is 1.72. The van der Waals surface area contributed by atoms with E-state index in [1.165, 1.54) is 15.6 Å². The average Bonchev–Trinajstić information content (AvgIpc) is 3.06. The second-order valence-electron chi connectivity index (χ2n) is 7.13. The van der Waals surface area contributed by atoms with Crippen LogP contribution < -0.4 is 16.6 Å². The number of aromatic nitrogens is 3. The highest BCUT2D eigenvalue weighted by Gasteiger charge is 2.20. The lowest BCUT2D eigenvalue weighted by atomic mass is 9.95. The number of carbonyl (C=O) groups is 1. The maximum Gasteiger partial charge on any atom is 0.332 e. The van der Waals surface area contributed by atoms with Gasteiger partial charge in [0.1, 0.15) is 6.54 Å². The van der Waals surface area contributed by atoms with Gasteiger partial charge in [-0.25, -0.2) is 4.79 Å². The molecule has 1 aliphatic carbocycles. The van der Waals surface area contributed by atoms with Crippen LogP contribution in [0.4, 0.5) is 0 Å². The van der Waals surface area contributed by atoms with E-state index in [0.717, 1.165) is 37.2 Å². The molecule has 2 aromatic rings. The standard InChI is InChI=1S/C17H24N4O3S/c1-11(2)8-21-16(23)15-13(10-25-19-15)20(17(21)24)9-14(22)18-12-6-4-3-5-7-12/h10-12H,3-9H2,1-2H3,(H,18,22). The summed E-state index contributed by atoms with van der Waals surface area (Å²) in [5.74, 6) is -0.0396. The monoisotopic (exact) mass is 364 g/mol. The fraction of sp³-hybridized carbons (Fsp3) is 0.647. The van der Waals surface area contributed by atoms with Gasteiger partial charge in [-0.1, -0.05) is 33.1 Å². The summed E-state index contributed by atoms with van der Waals surface area (Å²) in [6.45, 7) is 4.12. The van der Waals surface area contributed by atoms with E-state index in [1.807, 2.05) is 13.8 Å². The molecule has 0 aromatic carbocycles. The predicted molar refractivity (Wildman–Crippen MR) is 98.0 cm³/mol. The molecular formula is C17H24N4O3S. The van der Waals surface area contributed by atoms with Crippen molar-refractivity contribution in [1.82, 2.24) is 18.8 Å². The summed E-state index contributed by atoms with van der Waals surface area (Å²) in [6.07, 6.45) is 5.45. The van der Waals surface area contributed by atoms with E-state index in [9.17, 15) is 14.4 Å². The van der Waals surface area contributed by atoms with Gasteiger partial charge in [0.25, 0.3) is 5.56 Å². The highest BCUT2D eigenvalue weighted by molar-refractivity contribution is 7.04. The Labute approximate surface area is 149 Å². The lowest BCUT2D eigenvalue weighted by Crippen LogP contribution is -2.45. The molecule has 7 nitrogen and oxygen atoms in total. The van der Waals surface area contributed by atoms with Crippen molar-refractivity contribution in [2.24, 2.45) is 5.92 Å². The third kappa shape index (κ3) is 3.84. The number of nitrogens with one attached hydrogen (secondary N) is 1. The zero-order valence-electron chi connectivity index (χ0n) is 14.7. The van der Waals surface area contributed by atoms with Crippen molar-refractivity contribution in [3.05, 3.63) is 26.2 Å². The molecule has 1 aliphatic rings. The van der Waals surface area contributed by atoms with Crippen molar-refractivity contribution in [1.29, 1.82) is 0 Å². The first kappa shape index (κ1) is 17.8. The van der Waals surface area contributed by atoms with Crippen LogP contribution in [0.1, 0.15) is 46.0 Å². The SMILES string of the molecule is CC(C)Cn1c(=O)c2nscc2n(CC(=O)NC2CCCCC2)c1=O. The molecule has 25 heavy (non-hydrogen) atoms. The van der Waals surface area contributed by atoms with Crippen molar-refractivity contribution in [3.8, 4) is 0 Å². The molecular weight excluding hydrogens is 340 g/mol. The van der Waals surface area contributed by atoms with E-state index in [-0.39, 0.29) is 35.5 Å². The van der Waals surface area contributed by atoms with E-state index in [2.05, 4.69) is 9.69 Å². The van der Waals surface area contributed by atoms with Gasteiger partial charge in [-0.15, -0.1) is 0 Å².